The molecule has 0 aliphatic carbocycles. The number of aromatic nitrogens is 4. The standard InChI is InChI=1S/C32H34ClN7O2/c1-4-21-16-23(30-35-36-37-38(30)3)18-24(17-21)34-31(41)29-26-7-5-6-8-27(26)32(42)40(29)25-11-13-39(14-12-25)19-22-9-10-28(33)20(2)15-22/h5-10,15-18,25,29H,4,11-14,19H2,1-3H3,(H,34,41). The molecule has 42 heavy (non-hydrogen) atoms. The van der Waals surface area contributed by atoms with Gasteiger partial charge in [-0.05, 0) is 89.2 Å². The number of piperidine rings is 1. The lowest BCUT2D eigenvalue weighted by atomic mass is 9.99. The van der Waals surface area contributed by atoms with Crippen LogP contribution >= 0.6 is 11.6 Å². The molecule has 1 N–H and O–H groups in total. The van der Waals surface area contributed by atoms with Crippen molar-refractivity contribution in [2.24, 2.45) is 7.05 Å². The predicted octanol–water partition coefficient (Wildman–Crippen LogP) is 5.20. The molecule has 1 unspecified atom stereocenters. The summed E-state index contributed by atoms with van der Waals surface area (Å²) in [7, 11) is 1.78. The van der Waals surface area contributed by atoms with Gasteiger partial charge in [-0.1, -0.05) is 48.9 Å². The normalized spacial score (nSPS) is 17.5. The molecular weight excluding hydrogens is 550 g/mol. The molecule has 3 heterocycles. The molecule has 1 aromatic heterocycles. The van der Waals surface area contributed by atoms with E-state index >= 15 is 0 Å². The monoisotopic (exact) mass is 583 g/mol. The minimum atomic E-state index is -0.700. The van der Waals surface area contributed by atoms with Crippen LogP contribution in [0.15, 0.2) is 60.7 Å². The summed E-state index contributed by atoms with van der Waals surface area (Å²) in [5, 5.41) is 15.8. The molecule has 0 spiro atoms. The lowest BCUT2D eigenvalue weighted by Crippen LogP contribution is -2.48. The average Bonchev–Trinajstić information content (AvgIpc) is 3.56. The molecule has 1 fully saturated rings. The number of tetrazole rings is 1. The minimum Gasteiger partial charge on any atom is -0.324 e. The number of anilines is 1. The van der Waals surface area contributed by atoms with Crippen molar-refractivity contribution in [2.75, 3.05) is 18.4 Å². The Morgan fingerprint density at radius 3 is 2.55 bits per heavy atom. The first-order chi connectivity index (χ1) is 20.3. The van der Waals surface area contributed by atoms with Crippen LogP contribution in [-0.2, 0) is 24.8 Å². The number of rotatable bonds is 7. The quantitative estimate of drug-likeness (QED) is 0.321. The molecule has 0 bridgehead atoms. The summed E-state index contributed by atoms with van der Waals surface area (Å²) in [5.74, 6) is 0.317. The van der Waals surface area contributed by atoms with Gasteiger partial charge in [0.05, 0.1) is 0 Å². The van der Waals surface area contributed by atoms with Gasteiger partial charge in [0, 0.05) is 54.6 Å². The van der Waals surface area contributed by atoms with Crippen LogP contribution in [-0.4, -0.2) is 61.0 Å². The maximum atomic E-state index is 14.0. The number of benzene rings is 3. The highest BCUT2D eigenvalue weighted by atomic mass is 35.5. The zero-order chi connectivity index (χ0) is 29.4. The molecule has 2 amide bonds. The third-order valence-corrected chi connectivity index (χ3v) is 8.80. The van der Waals surface area contributed by atoms with E-state index in [4.69, 9.17) is 11.6 Å². The molecule has 10 heteroatoms. The maximum absolute atomic E-state index is 14.0. The highest BCUT2D eigenvalue weighted by molar-refractivity contribution is 6.31. The number of carbonyl (C=O) groups is 2. The number of carbonyl (C=O) groups excluding carboxylic acids is 2. The smallest absolute Gasteiger partial charge is 0.255 e. The van der Waals surface area contributed by atoms with Gasteiger partial charge >= 0.3 is 0 Å². The number of likely N-dealkylation sites (tertiary alicyclic amines) is 1. The maximum Gasteiger partial charge on any atom is 0.255 e. The van der Waals surface area contributed by atoms with Crippen molar-refractivity contribution in [1.29, 1.82) is 0 Å². The summed E-state index contributed by atoms with van der Waals surface area (Å²) < 4.78 is 1.61. The number of hydrogen-bond acceptors (Lipinski definition) is 6. The van der Waals surface area contributed by atoms with Crippen LogP contribution < -0.4 is 5.32 Å². The summed E-state index contributed by atoms with van der Waals surface area (Å²) >= 11 is 6.22. The first kappa shape index (κ1) is 28.1. The van der Waals surface area contributed by atoms with Crippen molar-refractivity contribution in [3.05, 3.63) is 93.5 Å². The molecule has 2 aliphatic heterocycles. The van der Waals surface area contributed by atoms with Crippen molar-refractivity contribution >= 4 is 29.1 Å². The van der Waals surface area contributed by atoms with E-state index in [1.807, 2.05) is 60.4 Å². The SMILES string of the molecule is CCc1cc(NC(=O)C2c3ccccc3C(=O)N2C2CCN(Cc3ccc(Cl)c(C)c3)CC2)cc(-c2nnnn2C)c1. The number of hydrogen-bond donors (Lipinski definition) is 1. The van der Waals surface area contributed by atoms with Crippen molar-refractivity contribution in [1.82, 2.24) is 30.0 Å². The van der Waals surface area contributed by atoms with Crippen LogP contribution in [0.25, 0.3) is 11.4 Å². The number of nitrogens with zero attached hydrogens (tertiary/aromatic N) is 6. The Balaban J connectivity index is 1.22. The van der Waals surface area contributed by atoms with Crippen LogP contribution in [0.3, 0.4) is 0 Å². The zero-order valence-electron chi connectivity index (χ0n) is 24.0. The van der Waals surface area contributed by atoms with Gasteiger partial charge in [-0.15, -0.1) is 5.10 Å². The Bertz CT molecular complexity index is 1640. The Kier molecular flexibility index (Phi) is 7.79. The summed E-state index contributed by atoms with van der Waals surface area (Å²) in [6.07, 6.45) is 2.38. The van der Waals surface area contributed by atoms with Gasteiger partial charge in [-0.25, -0.2) is 4.68 Å². The summed E-state index contributed by atoms with van der Waals surface area (Å²) in [6, 6.07) is 18.8. The van der Waals surface area contributed by atoms with Gasteiger partial charge in [0.2, 0.25) is 0 Å². The van der Waals surface area contributed by atoms with Gasteiger partial charge in [0.1, 0.15) is 6.04 Å². The van der Waals surface area contributed by atoms with Crippen LogP contribution in [0, 0.1) is 6.92 Å². The number of nitrogens with one attached hydrogen (secondary N) is 1. The number of fused-ring (bicyclic) bond motifs is 1. The van der Waals surface area contributed by atoms with E-state index in [2.05, 4.69) is 44.8 Å². The molecular formula is C32H34ClN7O2. The lowest BCUT2D eigenvalue weighted by Gasteiger charge is -2.39. The third-order valence-electron chi connectivity index (χ3n) is 8.37. The van der Waals surface area contributed by atoms with Crippen molar-refractivity contribution in [3.63, 3.8) is 0 Å². The molecule has 0 radical (unpaired) electrons. The van der Waals surface area contributed by atoms with Crippen molar-refractivity contribution < 1.29 is 9.59 Å². The van der Waals surface area contributed by atoms with Crippen LogP contribution in [0.2, 0.25) is 5.02 Å². The van der Waals surface area contributed by atoms with E-state index in [1.54, 1.807) is 11.7 Å². The molecule has 1 saturated heterocycles. The number of aryl methyl sites for hydroxylation is 3. The lowest BCUT2D eigenvalue weighted by molar-refractivity contribution is -0.121. The molecule has 2 aliphatic rings. The van der Waals surface area contributed by atoms with Gasteiger partial charge < -0.3 is 10.2 Å². The zero-order valence-corrected chi connectivity index (χ0v) is 24.8. The summed E-state index contributed by atoms with van der Waals surface area (Å²) in [5.41, 5.74) is 6.18. The van der Waals surface area contributed by atoms with Crippen molar-refractivity contribution in [3.8, 4) is 11.4 Å². The van der Waals surface area contributed by atoms with Crippen molar-refractivity contribution in [2.45, 2.75) is 51.7 Å². The predicted molar refractivity (Wildman–Crippen MR) is 162 cm³/mol. The van der Waals surface area contributed by atoms with Gasteiger partial charge in [-0.3, -0.25) is 14.5 Å². The summed E-state index contributed by atoms with van der Waals surface area (Å²) in [6.45, 7) is 6.60. The average molecular weight is 584 g/mol. The topological polar surface area (TPSA) is 96.2 Å². The fourth-order valence-electron chi connectivity index (χ4n) is 6.18. The van der Waals surface area contributed by atoms with Gasteiger partial charge in [0.15, 0.2) is 5.82 Å². The second-order valence-electron chi connectivity index (χ2n) is 11.2. The minimum absolute atomic E-state index is 0.0360. The first-order valence-electron chi connectivity index (χ1n) is 14.4. The van der Waals surface area contributed by atoms with E-state index in [-0.39, 0.29) is 17.9 Å². The Hall–Kier alpha value is -4.08. The van der Waals surface area contributed by atoms with E-state index < -0.39 is 6.04 Å². The molecule has 0 saturated carbocycles. The van der Waals surface area contributed by atoms with Crippen LogP contribution in [0.5, 0.6) is 0 Å². The van der Waals surface area contributed by atoms with E-state index in [0.29, 0.717) is 17.1 Å². The molecule has 1 atom stereocenters. The molecule has 216 valence electrons. The number of halogens is 1. The van der Waals surface area contributed by atoms with Crippen LogP contribution in [0.4, 0.5) is 5.69 Å². The second-order valence-corrected chi connectivity index (χ2v) is 11.6. The Morgan fingerprint density at radius 1 is 1.05 bits per heavy atom. The summed E-state index contributed by atoms with van der Waals surface area (Å²) in [4.78, 5) is 32.0. The molecule has 9 nitrogen and oxygen atoms in total. The van der Waals surface area contributed by atoms with Gasteiger partial charge in [-0.2, -0.15) is 0 Å². The largest absolute Gasteiger partial charge is 0.324 e. The third kappa shape index (κ3) is 5.42. The molecule has 3 aromatic carbocycles. The first-order valence-corrected chi connectivity index (χ1v) is 14.8. The second kappa shape index (κ2) is 11.7. The van der Waals surface area contributed by atoms with E-state index in [9.17, 15) is 9.59 Å². The highest BCUT2D eigenvalue weighted by Crippen LogP contribution is 2.39. The fourth-order valence-corrected chi connectivity index (χ4v) is 6.30. The number of amides is 2. The Morgan fingerprint density at radius 2 is 1.83 bits per heavy atom. The Labute approximate surface area is 250 Å². The highest BCUT2D eigenvalue weighted by Gasteiger charge is 2.45. The van der Waals surface area contributed by atoms with E-state index in [1.165, 1.54) is 5.56 Å². The van der Waals surface area contributed by atoms with E-state index in [0.717, 1.165) is 66.2 Å². The fraction of sp³-hybridized carbons (Fsp3) is 0.344. The van der Waals surface area contributed by atoms with Gasteiger partial charge in [0.25, 0.3) is 11.8 Å². The molecule has 6 rings (SSSR count). The molecule has 4 aromatic rings. The van der Waals surface area contributed by atoms with Crippen LogP contribution in [0.1, 0.15) is 58.4 Å².